The number of methoxy groups -OCH3 is 1. The molecule has 2 heterocycles. The first-order chi connectivity index (χ1) is 20.1. The van der Waals surface area contributed by atoms with Crippen LogP contribution in [-0.2, 0) is 36.8 Å². The number of benzene rings is 2. The molecule has 12 heteroatoms. The molecule has 0 fully saturated rings. The van der Waals surface area contributed by atoms with Gasteiger partial charge < -0.3 is 37.1 Å². The van der Waals surface area contributed by atoms with Crippen LogP contribution in [0, 0.1) is 0 Å². The molecule has 3 aromatic rings. The van der Waals surface area contributed by atoms with Crippen LogP contribution in [0.3, 0.4) is 0 Å². The number of aromatic amines is 1. The number of amides is 3. The van der Waals surface area contributed by atoms with E-state index in [2.05, 4.69) is 32.0 Å². The van der Waals surface area contributed by atoms with E-state index in [4.69, 9.17) is 16.2 Å². The average molecular weight is 576 g/mol. The van der Waals surface area contributed by atoms with Gasteiger partial charge in [0.05, 0.1) is 7.11 Å². The van der Waals surface area contributed by atoms with Crippen LogP contribution in [0.4, 0.5) is 0 Å². The van der Waals surface area contributed by atoms with Gasteiger partial charge in [0, 0.05) is 41.7 Å². The third kappa shape index (κ3) is 7.65. The zero-order chi connectivity index (χ0) is 30.2. The summed E-state index contributed by atoms with van der Waals surface area (Å²) >= 11 is 0. The Labute approximate surface area is 243 Å². The molecule has 1 aliphatic heterocycles. The number of carbonyl (C=O) groups excluding carboxylic acids is 4. The standard InChI is InChI=1S/C30H37N7O5/c1-17(38)34-26-16-19-10-12-23-21(15-19)20-14-18(9-11-22(20)35-23)6-3-4-7-25(29(41)42-2)37-27(39)24(36-28(26)40)8-5-13-33-30(31)32/h3-4,9-12,14-15,24-26,35H,5-8,13,16H2,1-2H3,(H,34,38)(H,36,40)(H,37,39)(H4,31,32,33)/t24-,25-,26-/m0/s1. The predicted molar refractivity (Wildman–Crippen MR) is 160 cm³/mol. The summed E-state index contributed by atoms with van der Waals surface area (Å²) in [4.78, 5) is 58.9. The lowest BCUT2D eigenvalue weighted by Crippen LogP contribution is -2.56. The first kappa shape index (κ1) is 30.1. The van der Waals surface area contributed by atoms with Crippen LogP contribution >= 0.6 is 0 Å². The number of aromatic nitrogens is 1. The van der Waals surface area contributed by atoms with E-state index in [-0.39, 0.29) is 37.7 Å². The minimum absolute atomic E-state index is 0.0840. The van der Waals surface area contributed by atoms with E-state index in [1.165, 1.54) is 14.0 Å². The van der Waals surface area contributed by atoms with Crippen molar-refractivity contribution in [2.24, 2.45) is 16.5 Å². The highest BCUT2D eigenvalue weighted by Gasteiger charge is 2.29. The third-order valence-electron chi connectivity index (χ3n) is 7.13. The Kier molecular flexibility index (Phi) is 9.79. The largest absolute Gasteiger partial charge is 0.467 e. The molecule has 1 aromatic heterocycles. The number of rotatable bonds is 6. The van der Waals surface area contributed by atoms with E-state index < -0.39 is 35.9 Å². The van der Waals surface area contributed by atoms with Crippen LogP contribution < -0.4 is 27.4 Å². The van der Waals surface area contributed by atoms with E-state index in [0.717, 1.165) is 32.9 Å². The van der Waals surface area contributed by atoms with Crippen LogP contribution in [0.5, 0.6) is 0 Å². The monoisotopic (exact) mass is 575 g/mol. The van der Waals surface area contributed by atoms with E-state index >= 15 is 0 Å². The lowest BCUT2D eigenvalue weighted by molar-refractivity contribution is -0.145. The Morgan fingerprint density at radius 2 is 1.69 bits per heavy atom. The average Bonchev–Trinajstić information content (AvgIpc) is 3.31. The van der Waals surface area contributed by atoms with Crippen molar-refractivity contribution >= 4 is 51.5 Å². The summed E-state index contributed by atoms with van der Waals surface area (Å²) in [6, 6.07) is 9.10. The zero-order valence-electron chi connectivity index (χ0n) is 23.7. The van der Waals surface area contributed by atoms with Crippen LogP contribution in [0.15, 0.2) is 53.5 Å². The highest BCUT2D eigenvalue weighted by molar-refractivity contribution is 6.07. The smallest absolute Gasteiger partial charge is 0.328 e. The quantitative estimate of drug-likeness (QED) is 0.0831. The molecule has 1 aliphatic rings. The number of nitrogens with two attached hydrogens (primary N) is 2. The second-order valence-corrected chi connectivity index (χ2v) is 10.3. The van der Waals surface area contributed by atoms with Crippen molar-refractivity contribution in [2.45, 2.75) is 57.2 Å². The Bertz CT molecular complexity index is 1540. The second-order valence-electron chi connectivity index (χ2n) is 10.3. The molecule has 0 spiro atoms. The lowest BCUT2D eigenvalue weighted by atomic mass is 10.0. The van der Waals surface area contributed by atoms with Crippen molar-refractivity contribution in [1.29, 1.82) is 0 Å². The Morgan fingerprint density at radius 1 is 1.00 bits per heavy atom. The van der Waals surface area contributed by atoms with Gasteiger partial charge in [-0.2, -0.15) is 0 Å². The van der Waals surface area contributed by atoms with Crippen LogP contribution in [0.2, 0.25) is 0 Å². The van der Waals surface area contributed by atoms with Crippen molar-refractivity contribution in [1.82, 2.24) is 20.9 Å². The number of ether oxygens (including phenoxy) is 1. The van der Waals surface area contributed by atoms with Crippen molar-refractivity contribution in [3.05, 3.63) is 59.7 Å². The zero-order valence-corrected chi connectivity index (χ0v) is 23.7. The van der Waals surface area contributed by atoms with E-state index in [0.29, 0.717) is 12.8 Å². The number of nitrogens with one attached hydrogen (secondary N) is 4. The minimum atomic E-state index is -1.02. The molecule has 0 aliphatic carbocycles. The first-order valence-corrected chi connectivity index (χ1v) is 13.8. The third-order valence-corrected chi connectivity index (χ3v) is 7.13. The Balaban J connectivity index is 1.72. The van der Waals surface area contributed by atoms with Gasteiger partial charge in [0.25, 0.3) is 0 Å². The molecule has 0 radical (unpaired) electrons. The topological polar surface area (TPSA) is 194 Å². The molecular weight excluding hydrogens is 538 g/mol. The van der Waals surface area contributed by atoms with Gasteiger partial charge in [-0.3, -0.25) is 19.4 Å². The summed E-state index contributed by atoms with van der Waals surface area (Å²) in [5, 5.41) is 10.2. The maximum absolute atomic E-state index is 13.5. The summed E-state index contributed by atoms with van der Waals surface area (Å²) in [5.74, 6) is -2.19. The molecule has 42 heavy (non-hydrogen) atoms. The van der Waals surface area contributed by atoms with Crippen LogP contribution in [-0.4, -0.2) is 66.4 Å². The normalized spacial score (nSPS) is 19.7. The van der Waals surface area contributed by atoms with Crippen LogP contribution in [0.1, 0.15) is 37.3 Å². The van der Waals surface area contributed by atoms with Gasteiger partial charge in [0.15, 0.2) is 5.96 Å². The number of hydrogen-bond acceptors (Lipinski definition) is 6. The van der Waals surface area contributed by atoms with Gasteiger partial charge in [-0.25, -0.2) is 4.79 Å². The van der Waals surface area contributed by atoms with Gasteiger partial charge in [0.1, 0.15) is 18.1 Å². The number of hydrogen-bond donors (Lipinski definition) is 6. The maximum Gasteiger partial charge on any atom is 0.328 e. The van der Waals surface area contributed by atoms with E-state index in [9.17, 15) is 19.2 Å². The molecular formula is C30H37N7O5. The van der Waals surface area contributed by atoms with Crippen LogP contribution in [0.25, 0.3) is 21.8 Å². The van der Waals surface area contributed by atoms with Gasteiger partial charge >= 0.3 is 5.97 Å². The Hall–Kier alpha value is -4.87. The number of aliphatic imine (C=N–C) groups is 1. The lowest BCUT2D eigenvalue weighted by Gasteiger charge is -2.24. The van der Waals surface area contributed by atoms with Crippen molar-refractivity contribution in [3.63, 3.8) is 0 Å². The number of fused-ring (bicyclic) bond motifs is 2. The molecule has 4 bridgehead atoms. The Morgan fingerprint density at radius 3 is 2.36 bits per heavy atom. The molecule has 2 aromatic carbocycles. The van der Waals surface area contributed by atoms with Crippen molar-refractivity contribution in [3.8, 4) is 0 Å². The molecule has 222 valence electrons. The molecule has 0 saturated carbocycles. The number of esters is 1. The minimum Gasteiger partial charge on any atom is -0.467 e. The molecule has 0 unspecified atom stereocenters. The molecule has 4 rings (SSSR count). The van der Waals surface area contributed by atoms with E-state index in [1.54, 1.807) is 0 Å². The summed E-state index contributed by atoms with van der Waals surface area (Å²) in [6.07, 6.45) is 5.34. The number of guanidine groups is 1. The van der Waals surface area contributed by atoms with Gasteiger partial charge in [-0.15, -0.1) is 0 Å². The summed E-state index contributed by atoms with van der Waals surface area (Å²) < 4.78 is 4.92. The summed E-state index contributed by atoms with van der Waals surface area (Å²) in [7, 11) is 1.25. The fraction of sp³-hybridized carbons (Fsp3) is 0.367. The molecule has 3 amide bonds. The molecule has 0 saturated heterocycles. The summed E-state index contributed by atoms with van der Waals surface area (Å²) in [5.41, 5.74) is 14.7. The number of allylic oxidation sites excluding steroid dienone is 1. The summed E-state index contributed by atoms with van der Waals surface area (Å²) in [6.45, 7) is 1.57. The SMILES string of the molecule is COC(=O)[C@@H]1CC=CCc2ccc3[nH]c4ccc(cc4c3c2)C[C@H](NC(C)=O)C(=O)N[C@@H](CCCN=C(N)N)C(=O)N1. The molecule has 3 atom stereocenters. The van der Waals surface area contributed by atoms with Gasteiger partial charge in [-0.1, -0.05) is 24.3 Å². The van der Waals surface area contributed by atoms with Gasteiger partial charge in [0.2, 0.25) is 17.7 Å². The van der Waals surface area contributed by atoms with Crippen molar-refractivity contribution in [2.75, 3.05) is 13.7 Å². The first-order valence-electron chi connectivity index (χ1n) is 13.8. The predicted octanol–water partition coefficient (Wildman–Crippen LogP) is 1.07. The highest BCUT2D eigenvalue weighted by atomic mass is 16.5. The number of H-pyrrole nitrogens is 1. The fourth-order valence-corrected chi connectivity index (χ4v) is 5.06. The second kappa shape index (κ2) is 13.7. The highest BCUT2D eigenvalue weighted by Crippen LogP contribution is 2.28. The van der Waals surface area contributed by atoms with E-state index in [1.807, 2.05) is 42.5 Å². The maximum atomic E-state index is 13.5. The van der Waals surface area contributed by atoms with Crippen molar-refractivity contribution < 1.29 is 23.9 Å². The molecule has 12 nitrogen and oxygen atoms in total. The number of carbonyl (C=O) groups is 4. The fourth-order valence-electron chi connectivity index (χ4n) is 5.06. The number of nitrogens with zero attached hydrogens (tertiary/aromatic N) is 1. The molecule has 8 N–H and O–H groups in total. The van der Waals surface area contributed by atoms with Gasteiger partial charge in [-0.05, 0) is 61.1 Å².